The van der Waals surface area contributed by atoms with E-state index in [-0.39, 0.29) is 15.7 Å². The minimum Gasteiger partial charge on any atom is -0.490 e. The third-order valence-electron chi connectivity index (χ3n) is 4.15. The molecule has 33 heavy (non-hydrogen) atoms. The molecular formula is C23H19Cl2N3O4S. The summed E-state index contributed by atoms with van der Waals surface area (Å²) in [6.45, 7) is 0.658. The fraction of sp³-hybridized carbons (Fsp3) is 0.0870. The number of para-hydroxylation sites is 1. The molecule has 0 saturated heterocycles. The number of carbonyl (C=O) groups excluding carboxylic acids is 2. The molecule has 2 amide bonds. The summed E-state index contributed by atoms with van der Waals surface area (Å²) in [5.74, 6) is 0.239. The summed E-state index contributed by atoms with van der Waals surface area (Å²) in [5, 5.41) is 2.97. The summed E-state index contributed by atoms with van der Waals surface area (Å²) in [5.41, 5.74) is 5.34. The number of thiocarbonyl (C=S) groups is 1. The van der Waals surface area contributed by atoms with E-state index in [1.807, 2.05) is 30.3 Å². The molecule has 0 unspecified atom stereocenters. The largest absolute Gasteiger partial charge is 0.490 e. The summed E-state index contributed by atoms with van der Waals surface area (Å²) in [7, 11) is 0. The van der Waals surface area contributed by atoms with Gasteiger partial charge in [0.2, 0.25) is 0 Å². The average molecular weight is 504 g/mol. The van der Waals surface area contributed by atoms with Crippen molar-refractivity contribution in [1.82, 2.24) is 16.2 Å². The van der Waals surface area contributed by atoms with Crippen molar-refractivity contribution in [1.29, 1.82) is 0 Å². The molecule has 0 spiro atoms. The standard InChI is InChI=1S/C23H19Cl2N3O4S/c24-16-9-10-19(20(25)14-16)22(30)27-28-23(33)26-21(29)15-5-4-8-18(13-15)32-12-11-31-17-6-2-1-3-7-17/h1-10,13-14H,11-12H2,(H,27,30)(H2,26,28,29,33). The van der Waals surface area contributed by atoms with Gasteiger partial charge in [-0.15, -0.1) is 0 Å². The van der Waals surface area contributed by atoms with Crippen LogP contribution < -0.4 is 25.6 Å². The smallest absolute Gasteiger partial charge is 0.271 e. The van der Waals surface area contributed by atoms with Crippen LogP contribution >= 0.6 is 35.4 Å². The predicted molar refractivity (Wildman–Crippen MR) is 131 cm³/mol. The van der Waals surface area contributed by atoms with Crippen molar-refractivity contribution in [3.05, 3.63) is 94.0 Å². The van der Waals surface area contributed by atoms with Crippen LogP contribution in [-0.2, 0) is 0 Å². The maximum atomic E-state index is 12.5. The Morgan fingerprint density at radius 2 is 1.48 bits per heavy atom. The van der Waals surface area contributed by atoms with Crippen LogP contribution in [0.4, 0.5) is 0 Å². The molecule has 0 bridgehead atoms. The lowest BCUT2D eigenvalue weighted by Gasteiger charge is -2.12. The first-order valence-corrected chi connectivity index (χ1v) is 10.9. The first-order valence-electron chi connectivity index (χ1n) is 9.70. The number of rotatable bonds is 7. The fourth-order valence-electron chi connectivity index (χ4n) is 2.62. The Morgan fingerprint density at radius 3 is 2.21 bits per heavy atom. The third kappa shape index (κ3) is 7.64. The monoisotopic (exact) mass is 503 g/mol. The molecule has 10 heteroatoms. The van der Waals surface area contributed by atoms with Gasteiger partial charge in [-0.1, -0.05) is 47.5 Å². The van der Waals surface area contributed by atoms with E-state index in [9.17, 15) is 9.59 Å². The molecule has 3 rings (SSSR count). The van der Waals surface area contributed by atoms with Gasteiger partial charge in [0.05, 0.1) is 10.6 Å². The second-order valence-electron chi connectivity index (χ2n) is 6.52. The molecule has 0 heterocycles. The highest BCUT2D eigenvalue weighted by Gasteiger charge is 2.13. The number of hydrogen-bond donors (Lipinski definition) is 3. The Labute approximate surface area is 206 Å². The zero-order valence-corrected chi connectivity index (χ0v) is 19.5. The Kier molecular flexibility index (Phi) is 8.88. The van der Waals surface area contributed by atoms with Crippen molar-refractivity contribution < 1.29 is 19.1 Å². The lowest BCUT2D eigenvalue weighted by molar-refractivity contribution is 0.0934. The number of ether oxygens (including phenoxy) is 2. The zero-order chi connectivity index (χ0) is 23.6. The van der Waals surface area contributed by atoms with Crippen LogP contribution in [0.5, 0.6) is 11.5 Å². The number of nitrogens with one attached hydrogen (secondary N) is 3. The van der Waals surface area contributed by atoms with E-state index in [1.54, 1.807) is 24.3 Å². The van der Waals surface area contributed by atoms with E-state index in [0.29, 0.717) is 29.5 Å². The summed E-state index contributed by atoms with van der Waals surface area (Å²) < 4.78 is 11.2. The second-order valence-corrected chi connectivity index (χ2v) is 7.78. The Morgan fingerprint density at radius 1 is 0.788 bits per heavy atom. The van der Waals surface area contributed by atoms with Crippen molar-refractivity contribution in [3.8, 4) is 11.5 Å². The van der Waals surface area contributed by atoms with Crippen LogP contribution in [0.1, 0.15) is 20.7 Å². The first-order chi connectivity index (χ1) is 15.9. The van der Waals surface area contributed by atoms with Crippen molar-refractivity contribution >= 4 is 52.3 Å². The summed E-state index contributed by atoms with van der Waals surface area (Å²) >= 11 is 16.9. The average Bonchev–Trinajstić information content (AvgIpc) is 2.81. The Bertz CT molecular complexity index is 1150. The number of halogens is 2. The summed E-state index contributed by atoms with van der Waals surface area (Å²) in [4.78, 5) is 24.7. The van der Waals surface area contributed by atoms with Gasteiger partial charge in [0.15, 0.2) is 5.11 Å². The van der Waals surface area contributed by atoms with Crippen molar-refractivity contribution in [2.75, 3.05) is 13.2 Å². The highest BCUT2D eigenvalue weighted by Crippen LogP contribution is 2.20. The van der Waals surface area contributed by atoms with E-state index in [1.165, 1.54) is 18.2 Å². The van der Waals surface area contributed by atoms with Crippen LogP contribution in [0.25, 0.3) is 0 Å². The van der Waals surface area contributed by atoms with E-state index in [4.69, 9.17) is 44.9 Å². The minimum absolute atomic E-state index is 0.0963. The predicted octanol–water partition coefficient (Wildman–Crippen LogP) is 4.40. The zero-order valence-electron chi connectivity index (χ0n) is 17.1. The molecule has 0 aromatic heterocycles. The fourth-order valence-corrected chi connectivity index (χ4v) is 3.26. The van der Waals surface area contributed by atoms with Gasteiger partial charge in [-0.05, 0) is 60.7 Å². The molecule has 0 radical (unpaired) electrons. The van der Waals surface area contributed by atoms with E-state index in [2.05, 4.69) is 16.2 Å². The van der Waals surface area contributed by atoms with E-state index < -0.39 is 11.8 Å². The molecule has 3 aromatic rings. The normalized spacial score (nSPS) is 10.1. The first kappa shape index (κ1) is 24.3. The van der Waals surface area contributed by atoms with E-state index in [0.717, 1.165) is 5.75 Å². The highest BCUT2D eigenvalue weighted by molar-refractivity contribution is 7.80. The number of amides is 2. The maximum absolute atomic E-state index is 12.5. The SMILES string of the molecule is O=C(NC(=S)NNC(=O)c1ccc(Cl)cc1Cl)c1cccc(OCCOc2ccccc2)c1. The van der Waals surface area contributed by atoms with Crippen LogP contribution in [0.15, 0.2) is 72.8 Å². The van der Waals surface area contributed by atoms with Gasteiger partial charge in [-0.2, -0.15) is 0 Å². The number of carbonyl (C=O) groups is 2. The molecule has 3 aromatic carbocycles. The van der Waals surface area contributed by atoms with Gasteiger partial charge >= 0.3 is 0 Å². The number of hydrogen-bond acceptors (Lipinski definition) is 5. The highest BCUT2D eigenvalue weighted by atomic mass is 35.5. The summed E-state index contributed by atoms with van der Waals surface area (Å²) in [6, 6.07) is 20.4. The second kappa shape index (κ2) is 12.1. The van der Waals surface area contributed by atoms with Gasteiger partial charge < -0.3 is 9.47 Å². The van der Waals surface area contributed by atoms with Crippen molar-refractivity contribution in [3.63, 3.8) is 0 Å². The molecule has 0 aliphatic rings. The lowest BCUT2D eigenvalue weighted by Crippen LogP contribution is -2.48. The van der Waals surface area contributed by atoms with Gasteiger partial charge in [0.1, 0.15) is 24.7 Å². The topological polar surface area (TPSA) is 88.7 Å². The Balaban J connectivity index is 1.45. The van der Waals surface area contributed by atoms with Gasteiger partial charge in [0.25, 0.3) is 11.8 Å². The molecule has 0 aliphatic carbocycles. The van der Waals surface area contributed by atoms with Gasteiger partial charge in [0, 0.05) is 10.6 Å². The molecule has 0 aliphatic heterocycles. The third-order valence-corrected chi connectivity index (χ3v) is 4.90. The Hall–Kier alpha value is -3.33. The molecule has 3 N–H and O–H groups in total. The molecule has 0 saturated carbocycles. The molecule has 0 fully saturated rings. The molecule has 0 atom stereocenters. The van der Waals surface area contributed by atoms with Crippen LogP contribution in [0.3, 0.4) is 0 Å². The molecule has 7 nitrogen and oxygen atoms in total. The quantitative estimate of drug-likeness (QED) is 0.251. The van der Waals surface area contributed by atoms with Crippen LogP contribution in [0, 0.1) is 0 Å². The number of hydrazine groups is 1. The van der Waals surface area contributed by atoms with Crippen molar-refractivity contribution in [2.24, 2.45) is 0 Å². The summed E-state index contributed by atoms with van der Waals surface area (Å²) in [6.07, 6.45) is 0. The lowest BCUT2D eigenvalue weighted by atomic mass is 10.2. The van der Waals surface area contributed by atoms with Crippen LogP contribution in [-0.4, -0.2) is 30.1 Å². The van der Waals surface area contributed by atoms with Crippen molar-refractivity contribution in [2.45, 2.75) is 0 Å². The minimum atomic E-state index is -0.540. The molecular weight excluding hydrogens is 485 g/mol. The van der Waals surface area contributed by atoms with Gasteiger partial charge in [-0.3, -0.25) is 25.8 Å². The van der Waals surface area contributed by atoms with Gasteiger partial charge in [-0.25, -0.2) is 0 Å². The van der Waals surface area contributed by atoms with Crippen LogP contribution in [0.2, 0.25) is 10.0 Å². The molecule has 170 valence electrons. The maximum Gasteiger partial charge on any atom is 0.271 e. The number of benzene rings is 3. The van der Waals surface area contributed by atoms with E-state index >= 15 is 0 Å².